The maximum absolute atomic E-state index is 12.9. The van der Waals surface area contributed by atoms with E-state index in [2.05, 4.69) is 22.6 Å². The summed E-state index contributed by atoms with van der Waals surface area (Å²) in [7, 11) is 1.92. The number of amides is 1. The van der Waals surface area contributed by atoms with Crippen molar-refractivity contribution < 1.29 is 4.79 Å². The summed E-state index contributed by atoms with van der Waals surface area (Å²) >= 11 is 0. The minimum Gasteiger partial charge on any atom is -0.337 e. The van der Waals surface area contributed by atoms with E-state index in [1.807, 2.05) is 23.6 Å². The van der Waals surface area contributed by atoms with Crippen LogP contribution in [-0.4, -0.2) is 52.0 Å². The third-order valence-corrected chi connectivity index (χ3v) is 5.56. The monoisotopic (exact) mass is 319 g/mol. The molecule has 1 aromatic rings. The third-order valence-electron chi connectivity index (χ3n) is 5.56. The second kappa shape index (κ2) is 6.99. The molecule has 2 unspecified atom stereocenters. The summed E-state index contributed by atoms with van der Waals surface area (Å²) in [6.07, 6.45) is 6.80. The van der Waals surface area contributed by atoms with Gasteiger partial charge in [-0.2, -0.15) is 0 Å². The van der Waals surface area contributed by atoms with Crippen LogP contribution in [0.1, 0.15) is 67.7 Å². The Labute approximate surface area is 138 Å². The van der Waals surface area contributed by atoms with E-state index < -0.39 is 0 Å². The minimum atomic E-state index is 0.0294. The number of rotatable bonds is 3. The summed E-state index contributed by atoms with van der Waals surface area (Å²) in [5.41, 5.74) is 1.45. The molecule has 1 N–H and O–H groups in total. The van der Waals surface area contributed by atoms with E-state index >= 15 is 0 Å². The Hall–Kier alpha value is -1.43. The first-order valence-corrected chi connectivity index (χ1v) is 8.97. The molecular formula is C17H29N5O. The summed E-state index contributed by atoms with van der Waals surface area (Å²) < 4.78 is 1.96. The number of nitrogens with one attached hydrogen (secondary N) is 1. The lowest BCUT2D eigenvalue weighted by molar-refractivity contribution is 0.0665. The van der Waals surface area contributed by atoms with Crippen molar-refractivity contribution in [2.24, 2.45) is 5.92 Å². The number of hydrogen-bond donors (Lipinski definition) is 1. The van der Waals surface area contributed by atoms with Crippen LogP contribution >= 0.6 is 0 Å². The average molecular weight is 319 g/mol. The van der Waals surface area contributed by atoms with Gasteiger partial charge >= 0.3 is 0 Å². The van der Waals surface area contributed by atoms with E-state index in [0.717, 1.165) is 44.5 Å². The van der Waals surface area contributed by atoms with Gasteiger partial charge in [0, 0.05) is 13.1 Å². The molecule has 0 radical (unpaired) electrons. The summed E-state index contributed by atoms with van der Waals surface area (Å²) in [6.45, 7) is 6.27. The van der Waals surface area contributed by atoms with Crippen molar-refractivity contribution in [3.05, 3.63) is 11.4 Å². The molecule has 2 atom stereocenters. The maximum Gasteiger partial charge on any atom is 0.276 e. The zero-order valence-corrected chi connectivity index (χ0v) is 14.6. The van der Waals surface area contributed by atoms with Gasteiger partial charge in [0.25, 0.3) is 5.91 Å². The van der Waals surface area contributed by atoms with E-state index in [9.17, 15) is 4.79 Å². The van der Waals surface area contributed by atoms with E-state index in [-0.39, 0.29) is 5.91 Å². The highest BCUT2D eigenvalue weighted by Gasteiger charge is 2.30. The SMILES string of the molecule is Cc1c(C(=O)N(C)C2CCCC(C)C2)nnn1C1CCNCC1. The molecule has 128 valence electrons. The molecule has 6 heteroatoms. The van der Waals surface area contributed by atoms with Gasteiger partial charge in [-0.05, 0) is 51.6 Å². The zero-order chi connectivity index (χ0) is 16.4. The van der Waals surface area contributed by atoms with Crippen molar-refractivity contribution in [1.29, 1.82) is 0 Å². The first kappa shape index (κ1) is 16.4. The quantitative estimate of drug-likeness (QED) is 0.927. The molecule has 1 aliphatic carbocycles. The first-order valence-electron chi connectivity index (χ1n) is 8.97. The van der Waals surface area contributed by atoms with Gasteiger partial charge in [0.15, 0.2) is 5.69 Å². The summed E-state index contributed by atoms with van der Waals surface area (Å²) in [6, 6.07) is 0.708. The number of nitrogens with zero attached hydrogens (tertiary/aromatic N) is 4. The highest BCUT2D eigenvalue weighted by atomic mass is 16.2. The van der Waals surface area contributed by atoms with Gasteiger partial charge in [-0.3, -0.25) is 4.79 Å². The summed E-state index contributed by atoms with van der Waals surface area (Å²) in [5, 5.41) is 11.9. The molecular weight excluding hydrogens is 290 g/mol. The lowest BCUT2D eigenvalue weighted by atomic mass is 9.86. The van der Waals surface area contributed by atoms with Gasteiger partial charge in [0.2, 0.25) is 0 Å². The molecule has 3 rings (SSSR count). The summed E-state index contributed by atoms with van der Waals surface area (Å²) in [4.78, 5) is 14.8. The Kier molecular flexibility index (Phi) is 4.99. The number of piperidine rings is 1. The van der Waals surface area contributed by atoms with Gasteiger partial charge in [-0.1, -0.05) is 25.0 Å². The van der Waals surface area contributed by atoms with E-state index in [4.69, 9.17) is 0 Å². The number of carbonyl (C=O) groups is 1. The fourth-order valence-electron chi connectivity index (χ4n) is 4.02. The third kappa shape index (κ3) is 3.42. The Morgan fingerprint density at radius 3 is 2.70 bits per heavy atom. The molecule has 1 aromatic heterocycles. The molecule has 2 fully saturated rings. The van der Waals surface area contributed by atoms with Crippen LogP contribution in [0, 0.1) is 12.8 Å². The molecule has 0 aromatic carbocycles. The van der Waals surface area contributed by atoms with Gasteiger partial charge in [0.1, 0.15) is 0 Å². The van der Waals surface area contributed by atoms with Crippen LogP contribution in [0.5, 0.6) is 0 Å². The standard InChI is InChI=1S/C17H29N5O/c1-12-5-4-6-15(11-12)21(3)17(23)16-13(2)22(20-19-16)14-7-9-18-10-8-14/h12,14-15,18H,4-11H2,1-3H3. The topological polar surface area (TPSA) is 63.1 Å². The zero-order valence-electron chi connectivity index (χ0n) is 14.6. The van der Waals surface area contributed by atoms with Gasteiger partial charge in [0.05, 0.1) is 11.7 Å². The Morgan fingerprint density at radius 2 is 2.00 bits per heavy atom. The second-order valence-corrected chi connectivity index (χ2v) is 7.29. The molecule has 0 spiro atoms. The normalized spacial score (nSPS) is 26.2. The minimum absolute atomic E-state index is 0.0294. The molecule has 2 aliphatic rings. The number of carbonyl (C=O) groups excluding carboxylic acids is 1. The van der Waals surface area contributed by atoms with Gasteiger partial charge in [-0.15, -0.1) is 5.10 Å². The van der Waals surface area contributed by atoms with Crippen molar-refractivity contribution in [2.75, 3.05) is 20.1 Å². The largest absolute Gasteiger partial charge is 0.337 e. The van der Waals surface area contributed by atoms with Crippen molar-refractivity contribution in [3.8, 4) is 0 Å². The highest BCUT2D eigenvalue weighted by molar-refractivity contribution is 5.93. The molecule has 6 nitrogen and oxygen atoms in total. The van der Waals surface area contributed by atoms with E-state index in [1.165, 1.54) is 12.8 Å². The highest BCUT2D eigenvalue weighted by Crippen LogP contribution is 2.28. The Morgan fingerprint density at radius 1 is 1.26 bits per heavy atom. The van der Waals surface area contributed by atoms with Crippen molar-refractivity contribution >= 4 is 5.91 Å². The second-order valence-electron chi connectivity index (χ2n) is 7.29. The molecule has 1 aliphatic heterocycles. The van der Waals surface area contributed by atoms with Crippen LogP contribution in [0.15, 0.2) is 0 Å². The van der Waals surface area contributed by atoms with E-state index in [1.54, 1.807) is 0 Å². The molecule has 2 heterocycles. The molecule has 1 amide bonds. The van der Waals surface area contributed by atoms with E-state index in [0.29, 0.717) is 23.7 Å². The average Bonchev–Trinajstić information content (AvgIpc) is 2.96. The van der Waals surface area contributed by atoms with Gasteiger partial charge in [-0.25, -0.2) is 4.68 Å². The smallest absolute Gasteiger partial charge is 0.276 e. The van der Waals surface area contributed by atoms with Crippen LogP contribution in [0.4, 0.5) is 0 Å². The fourth-order valence-corrected chi connectivity index (χ4v) is 4.02. The van der Waals surface area contributed by atoms with Crippen molar-refractivity contribution in [3.63, 3.8) is 0 Å². The number of hydrogen-bond acceptors (Lipinski definition) is 4. The first-order chi connectivity index (χ1) is 11.1. The molecule has 23 heavy (non-hydrogen) atoms. The van der Waals surface area contributed by atoms with Crippen molar-refractivity contribution in [1.82, 2.24) is 25.2 Å². The number of aromatic nitrogens is 3. The maximum atomic E-state index is 12.9. The van der Waals surface area contributed by atoms with Crippen LogP contribution in [0.3, 0.4) is 0 Å². The molecule has 0 bridgehead atoms. The van der Waals surface area contributed by atoms with Crippen LogP contribution in [0.2, 0.25) is 0 Å². The fraction of sp³-hybridized carbons (Fsp3) is 0.824. The van der Waals surface area contributed by atoms with Crippen LogP contribution in [-0.2, 0) is 0 Å². The molecule has 1 saturated heterocycles. The van der Waals surface area contributed by atoms with Gasteiger partial charge < -0.3 is 10.2 Å². The predicted molar refractivity (Wildman–Crippen MR) is 89.4 cm³/mol. The van der Waals surface area contributed by atoms with Crippen LogP contribution in [0.25, 0.3) is 0 Å². The molecule has 1 saturated carbocycles. The lowest BCUT2D eigenvalue weighted by Crippen LogP contribution is -2.40. The van der Waals surface area contributed by atoms with Crippen LogP contribution < -0.4 is 5.32 Å². The Bertz CT molecular complexity index is 549. The predicted octanol–water partition coefficient (Wildman–Crippen LogP) is 2.16. The van der Waals surface area contributed by atoms with Crippen molar-refractivity contribution in [2.45, 2.75) is 64.5 Å². The summed E-state index contributed by atoms with van der Waals surface area (Å²) in [5.74, 6) is 0.734. The Balaban J connectivity index is 1.73. The lowest BCUT2D eigenvalue weighted by Gasteiger charge is -2.33.